The molecule has 5 nitrogen and oxygen atoms in total. The fourth-order valence-corrected chi connectivity index (χ4v) is 2.85. The van der Waals surface area contributed by atoms with E-state index in [0.717, 1.165) is 12.1 Å². The zero-order valence-electron chi connectivity index (χ0n) is 15.3. The first kappa shape index (κ1) is 19.7. The highest BCUT2D eigenvalue weighted by atomic mass is 19.4. The molecule has 2 heterocycles. The van der Waals surface area contributed by atoms with Crippen LogP contribution in [0, 0.1) is 0 Å². The fourth-order valence-electron chi connectivity index (χ4n) is 2.85. The first-order valence-electron chi connectivity index (χ1n) is 8.83. The lowest BCUT2D eigenvalue weighted by molar-refractivity contribution is -0.137. The van der Waals surface area contributed by atoms with E-state index in [9.17, 15) is 18.0 Å². The van der Waals surface area contributed by atoms with E-state index in [-0.39, 0.29) is 12.5 Å². The molecule has 148 valence electrons. The highest BCUT2D eigenvalue weighted by molar-refractivity contribution is 5.75. The highest BCUT2D eigenvalue weighted by Gasteiger charge is 2.29. The number of benzene rings is 1. The van der Waals surface area contributed by atoms with Crippen LogP contribution in [-0.4, -0.2) is 20.4 Å². The van der Waals surface area contributed by atoms with Gasteiger partial charge in [0.1, 0.15) is 11.6 Å². The van der Waals surface area contributed by atoms with E-state index in [4.69, 9.17) is 4.42 Å². The normalized spacial score (nSPS) is 11.6. The van der Waals surface area contributed by atoms with E-state index in [1.807, 2.05) is 4.57 Å². The van der Waals surface area contributed by atoms with Gasteiger partial charge in [-0.2, -0.15) is 13.2 Å². The van der Waals surface area contributed by atoms with E-state index < -0.39 is 11.7 Å². The fraction of sp³-hybridized carbons (Fsp3) is 0.300. The highest BCUT2D eigenvalue weighted by Crippen LogP contribution is 2.29. The van der Waals surface area contributed by atoms with Gasteiger partial charge in [-0.3, -0.25) is 4.79 Å². The van der Waals surface area contributed by atoms with Crippen molar-refractivity contribution in [3.05, 3.63) is 77.8 Å². The Morgan fingerprint density at radius 3 is 2.54 bits per heavy atom. The van der Waals surface area contributed by atoms with Crippen LogP contribution in [0.3, 0.4) is 0 Å². The Labute approximate surface area is 160 Å². The summed E-state index contributed by atoms with van der Waals surface area (Å²) in [5, 5.41) is 0. The van der Waals surface area contributed by atoms with Gasteiger partial charge in [-0.25, -0.2) is 4.98 Å². The average Bonchev–Trinajstić information content (AvgIpc) is 3.32. The summed E-state index contributed by atoms with van der Waals surface area (Å²) in [7, 11) is 0. The van der Waals surface area contributed by atoms with Gasteiger partial charge in [0.2, 0.25) is 5.91 Å². The molecular weight excluding hydrogens is 371 g/mol. The number of hydrogen-bond acceptors (Lipinski definition) is 3. The first-order chi connectivity index (χ1) is 13.4. The van der Waals surface area contributed by atoms with Crippen molar-refractivity contribution in [2.75, 3.05) is 0 Å². The summed E-state index contributed by atoms with van der Waals surface area (Å²) in [5.41, 5.74) is 0.0342. The second-order valence-electron chi connectivity index (χ2n) is 6.35. The van der Waals surface area contributed by atoms with Crippen LogP contribution in [0.5, 0.6) is 0 Å². The molecule has 3 aromatic rings. The topological polar surface area (TPSA) is 51.3 Å². The van der Waals surface area contributed by atoms with Crippen molar-refractivity contribution < 1.29 is 22.4 Å². The summed E-state index contributed by atoms with van der Waals surface area (Å²) in [6, 6.07) is 8.58. The molecule has 0 radical (unpaired) electrons. The molecule has 3 rings (SSSR count). The largest absolute Gasteiger partial charge is 0.467 e. The van der Waals surface area contributed by atoms with Gasteiger partial charge in [-0.1, -0.05) is 19.1 Å². The van der Waals surface area contributed by atoms with Crippen molar-refractivity contribution in [2.24, 2.45) is 0 Å². The van der Waals surface area contributed by atoms with Crippen molar-refractivity contribution in [1.29, 1.82) is 0 Å². The van der Waals surface area contributed by atoms with E-state index in [2.05, 4.69) is 4.98 Å². The van der Waals surface area contributed by atoms with Gasteiger partial charge in [0.25, 0.3) is 0 Å². The Morgan fingerprint density at radius 1 is 1.18 bits per heavy atom. The Kier molecular flexibility index (Phi) is 5.87. The number of halogens is 3. The molecule has 0 unspecified atom stereocenters. The molecule has 0 bridgehead atoms. The minimum Gasteiger partial charge on any atom is -0.467 e. The second-order valence-corrected chi connectivity index (χ2v) is 6.35. The summed E-state index contributed by atoms with van der Waals surface area (Å²) in [4.78, 5) is 18.3. The van der Waals surface area contributed by atoms with Crippen LogP contribution in [0.2, 0.25) is 0 Å². The van der Waals surface area contributed by atoms with Crippen molar-refractivity contribution >= 4 is 5.91 Å². The third-order valence-corrected chi connectivity index (χ3v) is 4.35. The summed E-state index contributed by atoms with van der Waals surface area (Å²) in [5.74, 6) is 1.27. The SMILES string of the molecule is CCC(=O)N(Cc1ccco1)Cc1nccn1Cc1ccc(C(F)(F)F)cc1. The van der Waals surface area contributed by atoms with Gasteiger partial charge in [-0.15, -0.1) is 0 Å². The summed E-state index contributed by atoms with van der Waals surface area (Å²) >= 11 is 0. The third kappa shape index (κ3) is 4.82. The average molecular weight is 391 g/mol. The van der Waals surface area contributed by atoms with Gasteiger partial charge < -0.3 is 13.9 Å². The number of hydrogen-bond donors (Lipinski definition) is 0. The van der Waals surface area contributed by atoms with Gasteiger partial charge in [0.05, 0.1) is 24.9 Å². The molecule has 0 aliphatic rings. The Hall–Kier alpha value is -3.03. The van der Waals surface area contributed by atoms with Crippen LogP contribution in [0.15, 0.2) is 59.5 Å². The van der Waals surface area contributed by atoms with Crippen LogP contribution in [-0.2, 0) is 30.6 Å². The predicted octanol–water partition coefficient (Wildman–Crippen LogP) is 4.48. The summed E-state index contributed by atoms with van der Waals surface area (Å²) in [6.07, 6.45) is 0.900. The van der Waals surface area contributed by atoms with E-state index in [1.54, 1.807) is 42.6 Å². The number of alkyl halides is 3. The molecule has 1 amide bonds. The number of imidazole rings is 1. The summed E-state index contributed by atoms with van der Waals surface area (Å²) in [6.45, 7) is 2.75. The smallest absolute Gasteiger partial charge is 0.416 e. The van der Waals surface area contributed by atoms with Crippen molar-refractivity contribution in [3.8, 4) is 0 Å². The maximum absolute atomic E-state index is 12.7. The van der Waals surface area contributed by atoms with E-state index in [1.165, 1.54) is 12.1 Å². The maximum Gasteiger partial charge on any atom is 0.416 e. The number of carbonyl (C=O) groups is 1. The van der Waals surface area contributed by atoms with Gasteiger partial charge in [0.15, 0.2) is 0 Å². The molecule has 0 N–H and O–H groups in total. The van der Waals surface area contributed by atoms with Gasteiger partial charge in [-0.05, 0) is 29.8 Å². The molecule has 0 aliphatic carbocycles. The molecule has 0 saturated carbocycles. The zero-order valence-corrected chi connectivity index (χ0v) is 15.3. The maximum atomic E-state index is 12.7. The molecule has 1 aromatic carbocycles. The molecule has 28 heavy (non-hydrogen) atoms. The molecule has 2 aromatic heterocycles. The second kappa shape index (κ2) is 8.33. The number of nitrogens with zero attached hydrogens (tertiary/aromatic N) is 3. The number of aromatic nitrogens is 2. The van der Waals surface area contributed by atoms with Crippen LogP contribution < -0.4 is 0 Å². The van der Waals surface area contributed by atoms with E-state index in [0.29, 0.717) is 36.7 Å². The lowest BCUT2D eigenvalue weighted by Gasteiger charge is -2.21. The molecule has 0 fully saturated rings. The standard InChI is InChI=1S/C20H20F3N3O2/c1-2-19(27)26(13-17-4-3-11-28-17)14-18-24-9-10-25(18)12-15-5-7-16(8-6-15)20(21,22)23/h3-11H,2,12-14H2,1H3. The number of furan rings is 1. The van der Waals surface area contributed by atoms with Crippen molar-refractivity contribution in [1.82, 2.24) is 14.5 Å². The quantitative estimate of drug-likeness (QED) is 0.597. The Morgan fingerprint density at radius 2 is 1.93 bits per heavy atom. The Balaban J connectivity index is 1.74. The predicted molar refractivity (Wildman–Crippen MR) is 96.0 cm³/mol. The molecule has 8 heteroatoms. The minimum atomic E-state index is -4.36. The van der Waals surface area contributed by atoms with Gasteiger partial charge in [0, 0.05) is 25.4 Å². The van der Waals surface area contributed by atoms with Crippen molar-refractivity contribution in [3.63, 3.8) is 0 Å². The van der Waals surface area contributed by atoms with Crippen LogP contribution in [0.25, 0.3) is 0 Å². The van der Waals surface area contributed by atoms with Crippen LogP contribution >= 0.6 is 0 Å². The van der Waals surface area contributed by atoms with Crippen LogP contribution in [0.4, 0.5) is 13.2 Å². The molecule has 0 atom stereocenters. The molecule has 0 spiro atoms. The summed E-state index contributed by atoms with van der Waals surface area (Å²) < 4.78 is 45.3. The van der Waals surface area contributed by atoms with Crippen molar-refractivity contribution in [2.45, 2.75) is 39.2 Å². The molecular formula is C20H20F3N3O2. The Bertz CT molecular complexity index is 900. The molecule has 0 aliphatic heterocycles. The van der Waals surface area contributed by atoms with Gasteiger partial charge >= 0.3 is 6.18 Å². The lowest BCUT2D eigenvalue weighted by atomic mass is 10.1. The molecule has 0 saturated heterocycles. The number of amides is 1. The first-order valence-corrected chi connectivity index (χ1v) is 8.83. The third-order valence-electron chi connectivity index (χ3n) is 4.35. The van der Waals surface area contributed by atoms with E-state index >= 15 is 0 Å². The lowest BCUT2D eigenvalue weighted by Crippen LogP contribution is -2.30. The zero-order chi connectivity index (χ0) is 20.1. The minimum absolute atomic E-state index is 0.0412. The number of carbonyl (C=O) groups excluding carboxylic acids is 1. The number of rotatable bonds is 7. The monoisotopic (exact) mass is 391 g/mol. The van der Waals surface area contributed by atoms with Crippen LogP contribution in [0.1, 0.15) is 36.1 Å².